The Labute approximate surface area is 229 Å². The number of aliphatic hydroxyl groups excluding tert-OH is 2. The van der Waals surface area contributed by atoms with Crippen molar-refractivity contribution >= 4 is 28.6 Å². The predicted molar refractivity (Wildman–Crippen MR) is 151 cm³/mol. The molecule has 6 N–H and O–H groups in total. The van der Waals surface area contributed by atoms with Crippen LogP contribution in [0.3, 0.4) is 0 Å². The van der Waals surface area contributed by atoms with Crippen molar-refractivity contribution in [2.45, 2.75) is 77.0 Å². The Morgan fingerprint density at radius 3 is 2.54 bits per heavy atom. The van der Waals surface area contributed by atoms with Gasteiger partial charge in [-0.2, -0.15) is 0 Å². The van der Waals surface area contributed by atoms with Crippen molar-refractivity contribution in [2.75, 3.05) is 30.7 Å². The molecule has 3 heterocycles. The van der Waals surface area contributed by atoms with Crippen LogP contribution in [0.5, 0.6) is 0 Å². The summed E-state index contributed by atoms with van der Waals surface area (Å²) in [4.78, 5) is 22.8. The highest BCUT2D eigenvalue weighted by Crippen LogP contribution is 2.33. The molecule has 2 aromatic heterocycles. The second-order valence-electron chi connectivity index (χ2n) is 11.4. The molecule has 2 amide bonds. The number of nitrogen functional groups attached to an aromatic ring is 1. The predicted octanol–water partition coefficient (Wildman–Crippen LogP) is 2.85. The van der Waals surface area contributed by atoms with Crippen molar-refractivity contribution < 1.29 is 19.7 Å². The number of hydrogen-bond acceptors (Lipinski definition) is 8. The van der Waals surface area contributed by atoms with Gasteiger partial charge in [0, 0.05) is 37.6 Å². The van der Waals surface area contributed by atoms with Crippen LogP contribution in [0.4, 0.5) is 16.3 Å². The van der Waals surface area contributed by atoms with Crippen LogP contribution in [0.1, 0.15) is 52.8 Å². The van der Waals surface area contributed by atoms with Gasteiger partial charge in [0.15, 0.2) is 6.23 Å². The van der Waals surface area contributed by atoms with E-state index in [0.29, 0.717) is 42.9 Å². The molecule has 39 heavy (non-hydrogen) atoms. The number of nitrogens with one attached hydrogen (secondary N) is 2. The number of fused-ring (bicyclic) bond motifs is 1. The van der Waals surface area contributed by atoms with E-state index in [0.717, 1.165) is 5.69 Å². The van der Waals surface area contributed by atoms with Crippen LogP contribution in [0.2, 0.25) is 0 Å². The number of urea groups is 1. The molecular formula is C28H41N7O4. The lowest BCUT2D eigenvalue weighted by molar-refractivity contribution is -0.0465. The van der Waals surface area contributed by atoms with Gasteiger partial charge in [-0.15, -0.1) is 0 Å². The average Bonchev–Trinajstić information content (AvgIpc) is 3.42. The summed E-state index contributed by atoms with van der Waals surface area (Å²) in [6, 6.07) is 9.57. The van der Waals surface area contributed by atoms with Gasteiger partial charge in [-0.05, 0) is 49.4 Å². The smallest absolute Gasteiger partial charge is 0.319 e. The third-order valence-electron chi connectivity index (χ3n) is 7.21. The SMILES string of the molecule is CC(C)N(CCCNC(=O)Nc1ccc(C(C)(C)C)cc1)C[C@@H]1O[C@H](n2ccc3c(N)ncnc32)[C@@H](O)[C@H]1O. The van der Waals surface area contributed by atoms with Gasteiger partial charge in [-0.1, -0.05) is 32.9 Å². The summed E-state index contributed by atoms with van der Waals surface area (Å²) in [6.45, 7) is 12.2. The number of amides is 2. The van der Waals surface area contributed by atoms with E-state index < -0.39 is 24.5 Å². The number of nitrogens with two attached hydrogens (primary N) is 1. The van der Waals surface area contributed by atoms with Crippen LogP contribution >= 0.6 is 0 Å². The maximum Gasteiger partial charge on any atom is 0.319 e. The van der Waals surface area contributed by atoms with Crippen LogP contribution < -0.4 is 16.4 Å². The first kappa shape index (κ1) is 28.8. The first-order chi connectivity index (χ1) is 18.5. The van der Waals surface area contributed by atoms with Gasteiger partial charge in [-0.3, -0.25) is 4.90 Å². The highest BCUT2D eigenvalue weighted by Gasteiger charge is 2.44. The van der Waals surface area contributed by atoms with Crippen LogP contribution in [0.25, 0.3) is 11.0 Å². The van der Waals surface area contributed by atoms with Gasteiger partial charge in [0.1, 0.15) is 36.1 Å². The molecule has 1 fully saturated rings. The molecular weight excluding hydrogens is 498 g/mol. The monoisotopic (exact) mass is 539 g/mol. The van der Waals surface area contributed by atoms with Crippen molar-refractivity contribution in [1.29, 1.82) is 0 Å². The van der Waals surface area contributed by atoms with Gasteiger partial charge >= 0.3 is 6.03 Å². The van der Waals surface area contributed by atoms with E-state index >= 15 is 0 Å². The van der Waals surface area contributed by atoms with Crippen LogP contribution in [0.15, 0.2) is 42.9 Å². The topological polar surface area (TPSA) is 151 Å². The number of benzene rings is 1. The van der Waals surface area contributed by atoms with Crippen molar-refractivity contribution in [2.24, 2.45) is 0 Å². The fourth-order valence-corrected chi connectivity index (χ4v) is 4.81. The van der Waals surface area contributed by atoms with E-state index in [2.05, 4.69) is 60.1 Å². The van der Waals surface area contributed by atoms with Crippen LogP contribution in [0, 0.1) is 0 Å². The number of aromatic nitrogens is 3. The molecule has 1 aliphatic heterocycles. The quantitative estimate of drug-likeness (QED) is 0.261. The number of anilines is 2. The molecule has 0 saturated carbocycles. The van der Waals surface area contributed by atoms with E-state index in [9.17, 15) is 15.0 Å². The largest absolute Gasteiger partial charge is 0.387 e. The molecule has 0 radical (unpaired) electrons. The van der Waals surface area contributed by atoms with E-state index in [1.54, 1.807) is 16.8 Å². The number of nitrogens with zero attached hydrogens (tertiary/aromatic N) is 4. The Morgan fingerprint density at radius 1 is 1.15 bits per heavy atom. The van der Waals surface area contributed by atoms with Gasteiger partial charge < -0.3 is 35.9 Å². The molecule has 3 aromatic rings. The van der Waals surface area contributed by atoms with Crippen molar-refractivity contribution in [1.82, 2.24) is 24.8 Å². The average molecular weight is 540 g/mol. The molecule has 0 unspecified atom stereocenters. The minimum atomic E-state index is -1.13. The molecule has 11 nitrogen and oxygen atoms in total. The third kappa shape index (κ3) is 6.67. The fourth-order valence-electron chi connectivity index (χ4n) is 4.81. The maximum absolute atomic E-state index is 12.4. The summed E-state index contributed by atoms with van der Waals surface area (Å²) in [7, 11) is 0. The lowest BCUT2D eigenvalue weighted by Gasteiger charge is -2.30. The van der Waals surface area contributed by atoms with Crippen LogP contribution in [-0.4, -0.2) is 79.7 Å². The van der Waals surface area contributed by atoms with Gasteiger partial charge in [0.05, 0.1) is 5.39 Å². The zero-order chi connectivity index (χ0) is 28.3. The molecule has 4 atom stereocenters. The molecule has 1 saturated heterocycles. The number of ether oxygens (including phenoxy) is 1. The summed E-state index contributed by atoms with van der Waals surface area (Å²) in [6.07, 6.45) is 0.210. The Bertz CT molecular complexity index is 1260. The Balaban J connectivity index is 1.27. The Hall–Kier alpha value is -3.25. The van der Waals surface area contributed by atoms with Gasteiger partial charge in [-0.25, -0.2) is 14.8 Å². The van der Waals surface area contributed by atoms with E-state index in [1.165, 1.54) is 11.9 Å². The minimum absolute atomic E-state index is 0.0573. The van der Waals surface area contributed by atoms with Crippen molar-refractivity contribution in [3.63, 3.8) is 0 Å². The molecule has 0 spiro atoms. The number of aliphatic hydroxyl groups is 2. The molecule has 1 aromatic carbocycles. The first-order valence-corrected chi connectivity index (χ1v) is 13.4. The zero-order valence-electron chi connectivity index (χ0n) is 23.3. The zero-order valence-corrected chi connectivity index (χ0v) is 23.3. The number of hydrogen-bond donors (Lipinski definition) is 5. The standard InChI is InChI=1S/C28H41N7O4/c1-17(2)34(13-6-12-30-27(38)33-19-9-7-18(8-10-19)28(3,4)5)15-21-22(36)23(37)26(39-21)35-14-11-20-24(29)31-16-32-25(20)35/h7-11,14,16-17,21-23,26,36-37H,6,12-13,15H2,1-5H3,(H2,29,31,32)(H2,30,33,38)/t21-,22-,23-,26-/m0/s1. The number of rotatable bonds is 9. The lowest BCUT2D eigenvalue weighted by Crippen LogP contribution is -2.44. The second kappa shape index (κ2) is 11.9. The van der Waals surface area contributed by atoms with Crippen molar-refractivity contribution in [3.05, 3.63) is 48.4 Å². The maximum atomic E-state index is 12.4. The molecule has 11 heteroatoms. The van der Waals surface area contributed by atoms with Gasteiger partial charge in [0.25, 0.3) is 0 Å². The van der Waals surface area contributed by atoms with Crippen molar-refractivity contribution in [3.8, 4) is 0 Å². The van der Waals surface area contributed by atoms with Gasteiger partial charge in [0.2, 0.25) is 0 Å². The summed E-state index contributed by atoms with van der Waals surface area (Å²) >= 11 is 0. The third-order valence-corrected chi connectivity index (χ3v) is 7.21. The molecule has 212 valence electrons. The minimum Gasteiger partial charge on any atom is -0.387 e. The summed E-state index contributed by atoms with van der Waals surface area (Å²) in [5, 5.41) is 28.0. The normalized spacial score (nSPS) is 21.7. The lowest BCUT2D eigenvalue weighted by atomic mass is 9.87. The highest BCUT2D eigenvalue weighted by atomic mass is 16.6. The number of carbonyl (C=O) groups is 1. The van der Waals surface area contributed by atoms with Crippen LogP contribution in [-0.2, 0) is 10.2 Å². The molecule has 4 rings (SSSR count). The first-order valence-electron chi connectivity index (χ1n) is 13.4. The summed E-state index contributed by atoms with van der Waals surface area (Å²) in [5.41, 5.74) is 8.48. The number of carbonyl (C=O) groups excluding carboxylic acids is 1. The fraction of sp³-hybridized carbons (Fsp3) is 0.536. The summed E-state index contributed by atoms with van der Waals surface area (Å²) in [5.74, 6) is 0.343. The van der Waals surface area contributed by atoms with E-state index in [4.69, 9.17) is 10.5 Å². The molecule has 0 bridgehead atoms. The summed E-state index contributed by atoms with van der Waals surface area (Å²) < 4.78 is 7.82. The van der Waals surface area contributed by atoms with E-state index in [1.807, 2.05) is 24.3 Å². The molecule has 0 aliphatic carbocycles. The molecule has 1 aliphatic rings. The Kier molecular flexibility index (Phi) is 8.75. The Morgan fingerprint density at radius 2 is 1.87 bits per heavy atom. The van der Waals surface area contributed by atoms with E-state index in [-0.39, 0.29) is 17.5 Å². The second-order valence-corrected chi connectivity index (χ2v) is 11.4. The highest BCUT2D eigenvalue weighted by molar-refractivity contribution is 5.89.